The van der Waals surface area contributed by atoms with Gasteiger partial charge >= 0.3 is 0 Å². The number of hydrogen-bond donors (Lipinski definition) is 1. The van der Waals surface area contributed by atoms with Crippen LogP contribution in [0.5, 0.6) is 0 Å². The number of nitrogens with zero attached hydrogens (tertiary/aromatic N) is 3. The molecule has 1 N–H and O–H groups in total. The van der Waals surface area contributed by atoms with E-state index in [1.54, 1.807) is 0 Å². The van der Waals surface area contributed by atoms with E-state index < -0.39 is 0 Å². The molecule has 6 heteroatoms. The Morgan fingerprint density at radius 1 is 1.32 bits per heavy atom. The second-order valence-corrected chi connectivity index (χ2v) is 6.13. The Balaban J connectivity index is 1.58. The molecular weight excluding hydrogens is 302 g/mol. The van der Waals surface area contributed by atoms with Crippen molar-refractivity contribution in [2.75, 3.05) is 19.6 Å². The SMILES string of the molecule is OC1CCCN(CCc2nc(-c3cccc(Cl)c3)no2)CC1. The molecule has 1 aromatic heterocycles. The number of aromatic nitrogens is 2. The summed E-state index contributed by atoms with van der Waals surface area (Å²) in [6.07, 6.45) is 3.36. The van der Waals surface area contributed by atoms with E-state index in [1.165, 1.54) is 0 Å². The minimum atomic E-state index is -0.150. The molecule has 0 radical (unpaired) electrons. The van der Waals surface area contributed by atoms with Gasteiger partial charge in [-0.1, -0.05) is 28.9 Å². The number of aliphatic hydroxyl groups excluding tert-OH is 1. The first-order valence-corrected chi connectivity index (χ1v) is 8.07. The van der Waals surface area contributed by atoms with Crippen molar-refractivity contribution >= 4 is 11.6 Å². The molecule has 1 saturated heterocycles. The van der Waals surface area contributed by atoms with Crippen LogP contribution in [0, 0.1) is 0 Å². The Morgan fingerprint density at radius 3 is 3.09 bits per heavy atom. The number of likely N-dealkylation sites (tertiary alicyclic amines) is 1. The topological polar surface area (TPSA) is 62.4 Å². The summed E-state index contributed by atoms with van der Waals surface area (Å²) in [5, 5.41) is 14.3. The number of halogens is 1. The summed E-state index contributed by atoms with van der Waals surface area (Å²) >= 11 is 5.98. The Hall–Kier alpha value is -1.43. The molecule has 0 amide bonds. The largest absolute Gasteiger partial charge is 0.393 e. The minimum absolute atomic E-state index is 0.150. The molecule has 0 aliphatic carbocycles. The normalized spacial score (nSPS) is 20.0. The van der Waals surface area contributed by atoms with Crippen molar-refractivity contribution in [3.63, 3.8) is 0 Å². The highest BCUT2D eigenvalue weighted by Gasteiger charge is 2.16. The molecule has 2 aromatic rings. The molecule has 2 heterocycles. The first-order chi connectivity index (χ1) is 10.7. The van der Waals surface area contributed by atoms with Crippen LogP contribution in [0.4, 0.5) is 0 Å². The van der Waals surface area contributed by atoms with Gasteiger partial charge in [-0.05, 0) is 37.9 Å². The monoisotopic (exact) mass is 321 g/mol. The molecule has 1 aromatic carbocycles. The summed E-state index contributed by atoms with van der Waals surface area (Å²) in [6, 6.07) is 7.43. The first-order valence-electron chi connectivity index (χ1n) is 7.69. The third-order valence-corrected chi connectivity index (χ3v) is 4.22. The van der Waals surface area contributed by atoms with Crippen LogP contribution < -0.4 is 0 Å². The van der Waals surface area contributed by atoms with E-state index in [9.17, 15) is 5.11 Å². The lowest BCUT2D eigenvalue weighted by Gasteiger charge is -2.18. The molecule has 22 heavy (non-hydrogen) atoms. The van der Waals surface area contributed by atoms with Crippen molar-refractivity contribution in [1.82, 2.24) is 15.0 Å². The standard InChI is InChI=1S/C16H20ClN3O2/c17-13-4-1-3-12(11-13)16-18-15(22-19-16)7-10-20-8-2-5-14(21)6-9-20/h1,3-4,11,14,21H,2,5-10H2. The molecule has 5 nitrogen and oxygen atoms in total. The molecule has 0 saturated carbocycles. The molecule has 1 fully saturated rings. The fourth-order valence-electron chi connectivity index (χ4n) is 2.72. The summed E-state index contributed by atoms with van der Waals surface area (Å²) in [7, 11) is 0. The highest BCUT2D eigenvalue weighted by atomic mass is 35.5. The van der Waals surface area contributed by atoms with E-state index in [-0.39, 0.29) is 6.10 Å². The zero-order chi connectivity index (χ0) is 15.4. The lowest BCUT2D eigenvalue weighted by atomic mass is 10.2. The molecule has 3 rings (SSSR count). The van der Waals surface area contributed by atoms with Gasteiger partial charge in [0.2, 0.25) is 11.7 Å². The minimum Gasteiger partial charge on any atom is -0.393 e. The predicted octanol–water partition coefficient (Wildman–Crippen LogP) is 2.78. The predicted molar refractivity (Wildman–Crippen MR) is 84.7 cm³/mol. The van der Waals surface area contributed by atoms with Crippen molar-refractivity contribution in [3.05, 3.63) is 35.2 Å². The van der Waals surface area contributed by atoms with Gasteiger partial charge < -0.3 is 14.5 Å². The number of hydrogen-bond acceptors (Lipinski definition) is 5. The number of rotatable bonds is 4. The summed E-state index contributed by atoms with van der Waals surface area (Å²) in [5.41, 5.74) is 0.861. The van der Waals surface area contributed by atoms with E-state index in [0.717, 1.165) is 50.9 Å². The van der Waals surface area contributed by atoms with E-state index in [4.69, 9.17) is 16.1 Å². The van der Waals surface area contributed by atoms with Crippen molar-refractivity contribution < 1.29 is 9.63 Å². The summed E-state index contributed by atoms with van der Waals surface area (Å²) in [5.74, 6) is 1.21. The van der Waals surface area contributed by atoms with Crippen molar-refractivity contribution in [2.24, 2.45) is 0 Å². The highest BCUT2D eigenvalue weighted by Crippen LogP contribution is 2.20. The van der Waals surface area contributed by atoms with Crippen LogP contribution >= 0.6 is 11.6 Å². The molecule has 0 spiro atoms. The van der Waals surface area contributed by atoms with Crippen LogP contribution in [0.2, 0.25) is 5.02 Å². The molecule has 0 bridgehead atoms. The van der Waals surface area contributed by atoms with Gasteiger partial charge in [-0.2, -0.15) is 4.98 Å². The fourth-order valence-corrected chi connectivity index (χ4v) is 2.91. The Morgan fingerprint density at radius 2 is 2.23 bits per heavy atom. The van der Waals surface area contributed by atoms with E-state index in [0.29, 0.717) is 16.7 Å². The van der Waals surface area contributed by atoms with Gasteiger partial charge in [0.1, 0.15) is 0 Å². The van der Waals surface area contributed by atoms with Crippen molar-refractivity contribution in [2.45, 2.75) is 31.8 Å². The molecular formula is C16H20ClN3O2. The van der Waals surface area contributed by atoms with Crippen molar-refractivity contribution in [3.8, 4) is 11.4 Å². The van der Waals surface area contributed by atoms with Gasteiger partial charge in [-0.25, -0.2) is 0 Å². The lowest BCUT2D eigenvalue weighted by Crippen LogP contribution is -2.27. The Labute approximate surface area is 134 Å². The zero-order valence-electron chi connectivity index (χ0n) is 12.4. The maximum absolute atomic E-state index is 9.67. The Bertz CT molecular complexity index is 617. The van der Waals surface area contributed by atoms with Gasteiger partial charge in [-0.15, -0.1) is 0 Å². The van der Waals surface area contributed by atoms with Gasteiger partial charge in [0.25, 0.3) is 0 Å². The number of benzene rings is 1. The van der Waals surface area contributed by atoms with Gasteiger partial charge in [0, 0.05) is 30.1 Å². The van der Waals surface area contributed by atoms with Crippen LogP contribution in [-0.2, 0) is 6.42 Å². The van der Waals surface area contributed by atoms with Gasteiger partial charge in [0.05, 0.1) is 6.10 Å². The molecule has 1 atom stereocenters. The van der Waals surface area contributed by atoms with E-state index in [1.807, 2.05) is 24.3 Å². The smallest absolute Gasteiger partial charge is 0.228 e. The molecule has 1 aliphatic heterocycles. The summed E-state index contributed by atoms with van der Waals surface area (Å²) in [6.45, 7) is 2.83. The third kappa shape index (κ3) is 4.06. The second-order valence-electron chi connectivity index (χ2n) is 5.70. The zero-order valence-corrected chi connectivity index (χ0v) is 13.2. The van der Waals surface area contributed by atoms with E-state index >= 15 is 0 Å². The molecule has 118 valence electrons. The lowest BCUT2D eigenvalue weighted by molar-refractivity contribution is 0.155. The second kappa shape index (κ2) is 7.22. The molecule has 1 unspecified atom stereocenters. The highest BCUT2D eigenvalue weighted by molar-refractivity contribution is 6.30. The first kappa shape index (κ1) is 15.5. The summed E-state index contributed by atoms with van der Waals surface area (Å²) < 4.78 is 5.32. The average molecular weight is 322 g/mol. The maximum atomic E-state index is 9.67. The van der Waals surface area contributed by atoms with E-state index in [2.05, 4.69) is 15.0 Å². The van der Waals surface area contributed by atoms with Gasteiger partial charge in [-0.3, -0.25) is 0 Å². The third-order valence-electron chi connectivity index (χ3n) is 3.98. The molecule has 1 aliphatic rings. The quantitative estimate of drug-likeness (QED) is 0.938. The van der Waals surface area contributed by atoms with Gasteiger partial charge in [0.15, 0.2) is 0 Å². The van der Waals surface area contributed by atoms with Crippen molar-refractivity contribution in [1.29, 1.82) is 0 Å². The number of aliphatic hydroxyl groups is 1. The van der Waals surface area contributed by atoms with Crippen LogP contribution in [0.1, 0.15) is 25.2 Å². The van der Waals surface area contributed by atoms with Crippen LogP contribution in [0.3, 0.4) is 0 Å². The van der Waals surface area contributed by atoms with Crippen LogP contribution in [-0.4, -0.2) is 45.9 Å². The average Bonchev–Trinajstić information content (AvgIpc) is 2.89. The fraction of sp³-hybridized carbons (Fsp3) is 0.500. The van der Waals surface area contributed by atoms with Crippen LogP contribution in [0.15, 0.2) is 28.8 Å². The maximum Gasteiger partial charge on any atom is 0.228 e. The Kier molecular flexibility index (Phi) is 5.08. The summed E-state index contributed by atoms with van der Waals surface area (Å²) in [4.78, 5) is 6.78. The van der Waals surface area contributed by atoms with Crippen LogP contribution in [0.25, 0.3) is 11.4 Å².